The molecule has 1 unspecified atom stereocenters. The van der Waals surface area contributed by atoms with Gasteiger partial charge in [0, 0.05) is 25.6 Å². The number of carboxylic acid groups (broad SMARTS) is 1. The fourth-order valence-corrected chi connectivity index (χ4v) is 3.70. The molecule has 0 fully saturated rings. The van der Waals surface area contributed by atoms with Crippen LogP contribution in [0.25, 0.3) is 0 Å². The highest BCUT2D eigenvalue weighted by Crippen LogP contribution is 2.17. The molecule has 40 heavy (non-hydrogen) atoms. The maximum atomic E-state index is 14.1. The van der Waals surface area contributed by atoms with Gasteiger partial charge in [0.25, 0.3) is 0 Å². The minimum atomic E-state index is -1.04. The molecule has 214 valence electrons. The van der Waals surface area contributed by atoms with Crippen molar-refractivity contribution in [1.82, 2.24) is 4.90 Å². The van der Waals surface area contributed by atoms with Crippen LogP contribution in [-0.2, 0) is 16.0 Å². The highest BCUT2D eigenvalue weighted by atomic mass is 19.1. The van der Waals surface area contributed by atoms with Gasteiger partial charge >= 0.3 is 12.0 Å². The van der Waals surface area contributed by atoms with Crippen molar-refractivity contribution in [3.8, 4) is 11.5 Å². The maximum absolute atomic E-state index is 14.1. The molecule has 0 aliphatic heterocycles. The molecule has 2 amide bonds. The van der Waals surface area contributed by atoms with Crippen LogP contribution >= 0.6 is 0 Å². The van der Waals surface area contributed by atoms with E-state index < -0.39 is 29.7 Å². The van der Waals surface area contributed by atoms with E-state index in [2.05, 4.69) is 5.32 Å². The first kappa shape index (κ1) is 30.3. The second-order valence-corrected chi connectivity index (χ2v) is 8.68. The van der Waals surface area contributed by atoms with E-state index in [1.165, 1.54) is 29.2 Å². The van der Waals surface area contributed by atoms with Gasteiger partial charge in [0.1, 0.15) is 35.6 Å². The number of nitrogens with zero attached hydrogens (tertiary/aromatic N) is 1. The average molecular weight is 561 g/mol. The van der Waals surface area contributed by atoms with E-state index in [0.717, 1.165) is 17.7 Å². The van der Waals surface area contributed by atoms with E-state index in [-0.39, 0.29) is 50.8 Å². The number of carbonyl (C=O) groups excluding carboxylic acids is 1. The number of benzene rings is 3. The molecule has 0 radical (unpaired) electrons. The number of carbonyl (C=O) groups is 2. The van der Waals surface area contributed by atoms with Crippen LogP contribution in [0.2, 0.25) is 0 Å². The summed E-state index contributed by atoms with van der Waals surface area (Å²) in [6.45, 7) is 2.72. The van der Waals surface area contributed by atoms with E-state index in [0.29, 0.717) is 24.0 Å². The van der Waals surface area contributed by atoms with Crippen LogP contribution in [0.4, 0.5) is 23.7 Å². The summed E-state index contributed by atoms with van der Waals surface area (Å²) >= 11 is 0. The highest BCUT2D eigenvalue weighted by Gasteiger charge is 2.18. The number of nitrogens with one attached hydrogen (secondary N) is 1. The molecule has 0 spiro atoms. The van der Waals surface area contributed by atoms with Crippen molar-refractivity contribution >= 4 is 17.7 Å². The average Bonchev–Trinajstić information content (AvgIpc) is 2.93. The molecule has 0 saturated carbocycles. The minimum Gasteiger partial charge on any atom is -0.494 e. The van der Waals surface area contributed by atoms with Crippen LogP contribution in [0, 0.1) is 17.5 Å². The number of aliphatic carboxylic acids is 1. The van der Waals surface area contributed by atoms with Gasteiger partial charge in [0.2, 0.25) is 0 Å². The Morgan fingerprint density at radius 1 is 0.875 bits per heavy atom. The first-order chi connectivity index (χ1) is 19.2. The lowest BCUT2D eigenvalue weighted by atomic mass is 10.1. The summed E-state index contributed by atoms with van der Waals surface area (Å²) < 4.78 is 57.0. The van der Waals surface area contributed by atoms with Crippen molar-refractivity contribution in [2.45, 2.75) is 25.9 Å². The summed E-state index contributed by atoms with van der Waals surface area (Å²) in [5, 5.41) is 11.7. The Morgan fingerprint density at radius 2 is 1.50 bits per heavy atom. The van der Waals surface area contributed by atoms with Crippen LogP contribution in [0.1, 0.15) is 18.9 Å². The summed E-state index contributed by atoms with van der Waals surface area (Å²) in [7, 11) is 0. The molecule has 0 saturated heterocycles. The van der Waals surface area contributed by atoms with Crippen LogP contribution in [0.3, 0.4) is 0 Å². The summed E-state index contributed by atoms with van der Waals surface area (Å²) in [5.74, 6) is -2.10. The van der Waals surface area contributed by atoms with Crippen LogP contribution in [0.15, 0.2) is 66.7 Å². The third-order valence-electron chi connectivity index (χ3n) is 5.73. The van der Waals surface area contributed by atoms with Gasteiger partial charge in [-0.05, 0) is 67.4 Å². The van der Waals surface area contributed by atoms with E-state index in [9.17, 15) is 27.9 Å². The number of halogens is 3. The van der Waals surface area contributed by atoms with E-state index >= 15 is 0 Å². The molecule has 0 aromatic heterocycles. The molecule has 3 aromatic rings. The number of rotatable bonds is 15. The van der Waals surface area contributed by atoms with Gasteiger partial charge in [-0.1, -0.05) is 12.1 Å². The van der Waals surface area contributed by atoms with Crippen molar-refractivity contribution in [3.63, 3.8) is 0 Å². The summed E-state index contributed by atoms with van der Waals surface area (Å²) in [4.78, 5) is 25.6. The van der Waals surface area contributed by atoms with Crippen LogP contribution in [0.5, 0.6) is 11.5 Å². The number of hydrogen-bond donors (Lipinski definition) is 2. The monoisotopic (exact) mass is 560 g/mol. The number of carboxylic acids is 1. The van der Waals surface area contributed by atoms with Gasteiger partial charge in [-0.15, -0.1) is 0 Å². The second kappa shape index (κ2) is 15.4. The number of urea groups is 1. The molecule has 3 aromatic carbocycles. The lowest BCUT2D eigenvalue weighted by Gasteiger charge is -2.23. The lowest BCUT2D eigenvalue weighted by molar-refractivity contribution is -0.149. The molecule has 8 nitrogen and oxygen atoms in total. The molecule has 0 heterocycles. The zero-order chi connectivity index (χ0) is 28.9. The SMILES string of the molecule is CCOC(Cc1ccc(OCCN(CCCOc2ccc(F)cc2)C(=O)Nc2ccc(F)cc2F)cc1)C(=O)O. The minimum absolute atomic E-state index is 0.105. The van der Waals surface area contributed by atoms with Gasteiger partial charge in [-0.3, -0.25) is 0 Å². The third-order valence-corrected chi connectivity index (χ3v) is 5.73. The zero-order valence-corrected chi connectivity index (χ0v) is 21.9. The third kappa shape index (κ3) is 9.81. The first-order valence-corrected chi connectivity index (χ1v) is 12.7. The van der Waals surface area contributed by atoms with Gasteiger partial charge < -0.3 is 29.5 Å². The summed E-state index contributed by atoms with van der Waals surface area (Å²) in [6, 6.07) is 14.6. The highest BCUT2D eigenvalue weighted by molar-refractivity contribution is 5.89. The lowest BCUT2D eigenvalue weighted by Crippen LogP contribution is -2.39. The van der Waals surface area contributed by atoms with E-state index in [1.807, 2.05) is 0 Å². The molecule has 0 bridgehead atoms. The number of hydrogen-bond acceptors (Lipinski definition) is 5. The van der Waals surface area contributed by atoms with Crippen LogP contribution in [-0.4, -0.2) is 61.0 Å². The Morgan fingerprint density at radius 3 is 2.12 bits per heavy atom. The van der Waals surface area contributed by atoms with Gasteiger partial charge in [-0.2, -0.15) is 0 Å². The number of amides is 2. The summed E-state index contributed by atoms with van der Waals surface area (Å²) in [6.07, 6.45) is -0.324. The number of anilines is 1. The van der Waals surface area contributed by atoms with Gasteiger partial charge in [-0.25, -0.2) is 22.8 Å². The van der Waals surface area contributed by atoms with Crippen molar-refractivity contribution in [1.29, 1.82) is 0 Å². The second-order valence-electron chi connectivity index (χ2n) is 8.68. The fraction of sp³-hybridized carbons (Fsp3) is 0.310. The molecule has 3 rings (SSSR count). The summed E-state index contributed by atoms with van der Waals surface area (Å²) in [5.41, 5.74) is 0.596. The van der Waals surface area contributed by atoms with E-state index in [4.69, 9.17) is 14.2 Å². The molecule has 0 aliphatic carbocycles. The Kier molecular flexibility index (Phi) is 11.6. The van der Waals surface area contributed by atoms with Crippen molar-refractivity contribution in [3.05, 3.63) is 89.7 Å². The topological polar surface area (TPSA) is 97.3 Å². The first-order valence-electron chi connectivity index (χ1n) is 12.7. The predicted octanol–water partition coefficient (Wildman–Crippen LogP) is 5.52. The Bertz CT molecular complexity index is 1240. The molecule has 0 aliphatic rings. The molecular weight excluding hydrogens is 529 g/mol. The van der Waals surface area contributed by atoms with Crippen molar-refractivity contribution in [2.75, 3.05) is 38.2 Å². The number of ether oxygens (including phenoxy) is 3. The zero-order valence-electron chi connectivity index (χ0n) is 21.9. The Hall–Kier alpha value is -4.25. The standard InChI is InChI=1S/C29H31F3N2O6/c1-2-38-27(28(35)36)18-20-4-9-23(10-5-20)40-17-15-34(14-3-16-39-24-11-6-21(30)7-12-24)29(37)33-26-13-8-22(31)19-25(26)32/h4-13,19,27H,2-3,14-18H2,1H3,(H,33,37)(H,35,36). The largest absolute Gasteiger partial charge is 0.494 e. The predicted molar refractivity (Wildman–Crippen MR) is 142 cm³/mol. The normalized spacial score (nSPS) is 11.5. The van der Waals surface area contributed by atoms with Gasteiger partial charge in [0.05, 0.1) is 18.8 Å². The molecule has 11 heteroatoms. The van der Waals surface area contributed by atoms with Crippen molar-refractivity contribution in [2.24, 2.45) is 0 Å². The van der Waals surface area contributed by atoms with Crippen LogP contribution < -0.4 is 14.8 Å². The Balaban J connectivity index is 1.56. The van der Waals surface area contributed by atoms with Crippen molar-refractivity contribution < 1.29 is 42.1 Å². The van der Waals surface area contributed by atoms with E-state index in [1.54, 1.807) is 31.2 Å². The smallest absolute Gasteiger partial charge is 0.333 e. The molecular formula is C29H31F3N2O6. The quantitative estimate of drug-likeness (QED) is 0.238. The molecule has 1 atom stereocenters. The molecule has 2 N–H and O–H groups in total. The Labute approximate surface area is 230 Å². The fourth-order valence-electron chi connectivity index (χ4n) is 3.70. The van der Waals surface area contributed by atoms with Gasteiger partial charge in [0.15, 0.2) is 6.10 Å². The maximum Gasteiger partial charge on any atom is 0.333 e.